The number of amides is 1. The molecule has 0 spiro atoms. The van der Waals surface area contributed by atoms with E-state index in [2.05, 4.69) is 24.5 Å². The zero-order chi connectivity index (χ0) is 12.9. The number of methoxy groups -OCH3 is 1. The van der Waals surface area contributed by atoms with Crippen LogP contribution in [0, 0.1) is 0 Å². The lowest BCUT2D eigenvalue weighted by Crippen LogP contribution is -2.34. The number of carbonyl (C=O) groups is 1. The van der Waals surface area contributed by atoms with Crippen LogP contribution in [0.2, 0.25) is 0 Å². The van der Waals surface area contributed by atoms with Gasteiger partial charge in [-0.25, -0.2) is 0 Å². The summed E-state index contributed by atoms with van der Waals surface area (Å²) < 4.78 is 4.87. The third kappa shape index (κ3) is 10.3. The highest BCUT2D eigenvalue weighted by atomic mass is 16.5. The summed E-state index contributed by atoms with van der Waals surface area (Å²) in [6.45, 7) is 6.34. The van der Waals surface area contributed by atoms with Crippen LogP contribution in [0.25, 0.3) is 0 Å². The summed E-state index contributed by atoms with van der Waals surface area (Å²) in [6, 6.07) is 0.566. The van der Waals surface area contributed by atoms with Gasteiger partial charge in [0, 0.05) is 32.7 Å². The molecule has 0 rings (SSSR count). The van der Waals surface area contributed by atoms with Gasteiger partial charge in [-0.3, -0.25) is 4.79 Å². The van der Waals surface area contributed by atoms with E-state index in [-0.39, 0.29) is 5.91 Å². The predicted octanol–water partition coefficient (Wildman–Crippen LogP) is 1.70. The fourth-order valence-electron chi connectivity index (χ4n) is 1.82. The summed E-state index contributed by atoms with van der Waals surface area (Å²) in [5.74, 6) is 0.0984. The fourth-order valence-corrected chi connectivity index (χ4v) is 1.82. The van der Waals surface area contributed by atoms with Crippen molar-refractivity contribution in [3.8, 4) is 0 Å². The van der Waals surface area contributed by atoms with Gasteiger partial charge in [0.1, 0.15) is 0 Å². The van der Waals surface area contributed by atoms with Gasteiger partial charge >= 0.3 is 0 Å². The molecule has 0 radical (unpaired) electrons. The molecular formula is C13H28N2O2. The van der Waals surface area contributed by atoms with Crippen LogP contribution in [0.4, 0.5) is 0 Å². The molecule has 0 heterocycles. The second-order valence-corrected chi connectivity index (χ2v) is 4.32. The van der Waals surface area contributed by atoms with E-state index in [1.54, 1.807) is 7.11 Å². The van der Waals surface area contributed by atoms with Crippen molar-refractivity contribution in [3.05, 3.63) is 0 Å². The fraction of sp³-hybridized carbons (Fsp3) is 0.923. The monoisotopic (exact) mass is 244 g/mol. The van der Waals surface area contributed by atoms with E-state index in [0.29, 0.717) is 25.6 Å². The first-order valence-electron chi connectivity index (χ1n) is 6.73. The standard InChI is InChI=1S/C13H28N2O2/c1-4-6-12(7-5-2)14-9-8-13(16)15-10-11-17-3/h12,14H,4-11H2,1-3H3,(H,15,16). The SMILES string of the molecule is CCCC(CCC)NCCC(=O)NCCOC. The van der Waals surface area contributed by atoms with Crippen molar-refractivity contribution in [3.63, 3.8) is 0 Å². The second-order valence-electron chi connectivity index (χ2n) is 4.32. The normalized spacial score (nSPS) is 10.8. The molecule has 0 aromatic rings. The molecule has 102 valence electrons. The highest BCUT2D eigenvalue weighted by molar-refractivity contribution is 5.76. The van der Waals surface area contributed by atoms with Crippen LogP contribution in [-0.2, 0) is 9.53 Å². The molecule has 0 unspecified atom stereocenters. The lowest BCUT2D eigenvalue weighted by Gasteiger charge is -2.17. The van der Waals surface area contributed by atoms with Crippen molar-refractivity contribution in [2.75, 3.05) is 26.8 Å². The molecule has 0 aliphatic rings. The minimum atomic E-state index is 0.0984. The Morgan fingerprint density at radius 3 is 2.35 bits per heavy atom. The lowest BCUT2D eigenvalue weighted by molar-refractivity contribution is -0.121. The van der Waals surface area contributed by atoms with Crippen molar-refractivity contribution in [1.29, 1.82) is 0 Å². The molecule has 4 heteroatoms. The largest absolute Gasteiger partial charge is 0.383 e. The van der Waals surface area contributed by atoms with Gasteiger partial charge in [0.15, 0.2) is 0 Å². The van der Waals surface area contributed by atoms with Crippen molar-refractivity contribution in [2.24, 2.45) is 0 Å². The van der Waals surface area contributed by atoms with Crippen molar-refractivity contribution in [2.45, 2.75) is 52.0 Å². The molecule has 17 heavy (non-hydrogen) atoms. The maximum atomic E-state index is 11.4. The van der Waals surface area contributed by atoms with E-state index >= 15 is 0 Å². The van der Waals surface area contributed by atoms with E-state index in [1.807, 2.05) is 0 Å². The summed E-state index contributed by atoms with van der Waals surface area (Å²) in [5.41, 5.74) is 0. The van der Waals surface area contributed by atoms with Crippen molar-refractivity contribution >= 4 is 5.91 Å². The quantitative estimate of drug-likeness (QED) is 0.544. The average Bonchev–Trinajstić information content (AvgIpc) is 2.30. The summed E-state index contributed by atoms with van der Waals surface area (Å²) in [5, 5.41) is 6.27. The first-order valence-corrected chi connectivity index (χ1v) is 6.73. The summed E-state index contributed by atoms with van der Waals surface area (Å²) in [6.07, 6.45) is 5.32. The van der Waals surface area contributed by atoms with E-state index in [9.17, 15) is 4.79 Å². The average molecular weight is 244 g/mol. The number of ether oxygens (including phenoxy) is 1. The third-order valence-corrected chi connectivity index (χ3v) is 2.69. The first kappa shape index (κ1) is 16.4. The minimum Gasteiger partial charge on any atom is -0.383 e. The van der Waals surface area contributed by atoms with Crippen LogP contribution in [0.15, 0.2) is 0 Å². The molecule has 1 amide bonds. The Morgan fingerprint density at radius 2 is 1.82 bits per heavy atom. The molecule has 0 fully saturated rings. The van der Waals surface area contributed by atoms with Crippen molar-refractivity contribution in [1.82, 2.24) is 10.6 Å². The molecule has 0 atom stereocenters. The van der Waals surface area contributed by atoms with E-state index in [4.69, 9.17) is 4.74 Å². The van der Waals surface area contributed by atoms with Crippen LogP contribution < -0.4 is 10.6 Å². The minimum absolute atomic E-state index is 0.0984. The molecule has 0 bridgehead atoms. The Labute approximate surface area is 105 Å². The summed E-state index contributed by atoms with van der Waals surface area (Å²) >= 11 is 0. The van der Waals surface area contributed by atoms with Crippen LogP contribution in [0.3, 0.4) is 0 Å². The molecule has 0 saturated carbocycles. The molecule has 0 aromatic heterocycles. The Balaban J connectivity index is 3.54. The third-order valence-electron chi connectivity index (χ3n) is 2.69. The van der Waals surface area contributed by atoms with E-state index in [1.165, 1.54) is 25.7 Å². The Morgan fingerprint density at radius 1 is 1.18 bits per heavy atom. The van der Waals surface area contributed by atoms with Crippen LogP contribution in [0.5, 0.6) is 0 Å². The number of rotatable bonds is 11. The molecule has 0 aliphatic carbocycles. The zero-order valence-corrected chi connectivity index (χ0v) is 11.6. The second kappa shape index (κ2) is 11.9. The van der Waals surface area contributed by atoms with Gasteiger partial charge in [-0.2, -0.15) is 0 Å². The molecule has 2 N–H and O–H groups in total. The zero-order valence-electron chi connectivity index (χ0n) is 11.6. The van der Waals surface area contributed by atoms with Gasteiger partial charge in [-0.1, -0.05) is 26.7 Å². The Kier molecular flexibility index (Phi) is 11.4. The smallest absolute Gasteiger partial charge is 0.221 e. The van der Waals surface area contributed by atoms with Crippen LogP contribution in [0.1, 0.15) is 46.0 Å². The van der Waals surface area contributed by atoms with Crippen LogP contribution in [-0.4, -0.2) is 38.8 Å². The highest BCUT2D eigenvalue weighted by Gasteiger charge is 2.06. The highest BCUT2D eigenvalue weighted by Crippen LogP contribution is 2.04. The van der Waals surface area contributed by atoms with Gasteiger partial charge in [0.2, 0.25) is 5.91 Å². The number of hydrogen-bond acceptors (Lipinski definition) is 3. The Bertz CT molecular complexity index is 180. The summed E-state index contributed by atoms with van der Waals surface area (Å²) in [7, 11) is 1.63. The first-order chi connectivity index (χ1) is 8.24. The maximum absolute atomic E-state index is 11.4. The van der Waals surface area contributed by atoms with E-state index < -0.39 is 0 Å². The number of hydrogen-bond donors (Lipinski definition) is 2. The summed E-state index contributed by atoms with van der Waals surface area (Å²) in [4.78, 5) is 11.4. The van der Waals surface area contributed by atoms with Gasteiger partial charge in [-0.05, 0) is 12.8 Å². The predicted molar refractivity (Wildman–Crippen MR) is 71.1 cm³/mol. The maximum Gasteiger partial charge on any atom is 0.221 e. The lowest BCUT2D eigenvalue weighted by atomic mass is 10.1. The van der Waals surface area contributed by atoms with Gasteiger partial charge in [-0.15, -0.1) is 0 Å². The Hall–Kier alpha value is -0.610. The van der Waals surface area contributed by atoms with Crippen LogP contribution >= 0.6 is 0 Å². The van der Waals surface area contributed by atoms with E-state index in [0.717, 1.165) is 6.54 Å². The molecular weight excluding hydrogens is 216 g/mol. The molecule has 0 aromatic carbocycles. The van der Waals surface area contributed by atoms with Gasteiger partial charge in [0.25, 0.3) is 0 Å². The number of nitrogens with one attached hydrogen (secondary N) is 2. The number of carbonyl (C=O) groups excluding carboxylic acids is 1. The van der Waals surface area contributed by atoms with Gasteiger partial charge < -0.3 is 15.4 Å². The topological polar surface area (TPSA) is 50.4 Å². The molecule has 4 nitrogen and oxygen atoms in total. The molecule has 0 aliphatic heterocycles. The van der Waals surface area contributed by atoms with Crippen molar-refractivity contribution < 1.29 is 9.53 Å². The molecule has 0 saturated heterocycles. The van der Waals surface area contributed by atoms with Gasteiger partial charge in [0.05, 0.1) is 6.61 Å².